The molecule has 2 aromatic rings. The molecule has 7 heteroatoms. The molecule has 20 heavy (non-hydrogen) atoms. The Morgan fingerprint density at radius 2 is 2.25 bits per heavy atom. The van der Waals surface area contributed by atoms with Gasteiger partial charge in [-0.25, -0.2) is 9.97 Å². The summed E-state index contributed by atoms with van der Waals surface area (Å²) >= 11 is 0. The van der Waals surface area contributed by atoms with Crippen LogP contribution in [0.1, 0.15) is 18.8 Å². The SMILES string of the molecule is CC(C(=O)NCc1nccc(N(C)C)n1)n1cccn1. The molecule has 0 aliphatic carbocycles. The van der Waals surface area contributed by atoms with Crippen LogP contribution in [-0.2, 0) is 11.3 Å². The first-order valence-corrected chi connectivity index (χ1v) is 6.34. The van der Waals surface area contributed by atoms with Crippen LogP contribution in [0.2, 0.25) is 0 Å². The molecule has 0 aliphatic heterocycles. The fraction of sp³-hybridized carbons (Fsp3) is 0.385. The zero-order valence-corrected chi connectivity index (χ0v) is 11.8. The van der Waals surface area contributed by atoms with E-state index >= 15 is 0 Å². The highest BCUT2D eigenvalue weighted by atomic mass is 16.2. The van der Waals surface area contributed by atoms with Crippen molar-refractivity contribution in [2.45, 2.75) is 19.5 Å². The normalized spacial score (nSPS) is 11.9. The summed E-state index contributed by atoms with van der Waals surface area (Å²) in [7, 11) is 3.81. The average Bonchev–Trinajstić information content (AvgIpc) is 2.98. The van der Waals surface area contributed by atoms with Gasteiger partial charge in [-0.15, -0.1) is 0 Å². The van der Waals surface area contributed by atoms with E-state index in [4.69, 9.17) is 0 Å². The molecule has 1 unspecified atom stereocenters. The Balaban J connectivity index is 1.95. The summed E-state index contributed by atoms with van der Waals surface area (Å²) in [6.45, 7) is 2.09. The lowest BCUT2D eigenvalue weighted by molar-refractivity contribution is -0.124. The maximum Gasteiger partial charge on any atom is 0.244 e. The molecule has 0 fully saturated rings. The molecule has 0 saturated carbocycles. The van der Waals surface area contributed by atoms with E-state index in [0.29, 0.717) is 12.4 Å². The van der Waals surface area contributed by atoms with E-state index in [0.717, 1.165) is 5.82 Å². The number of amides is 1. The number of carbonyl (C=O) groups is 1. The van der Waals surface area contributed by atoms with Crippen molar-refractivity contribution in [3.8, 4) is 0 Å². The van der Waals surface area contributed by atoms with Crippen molar-refractivity contribution in [1.29, 1.82) is 0 Å². The van der Waals surface area contributed by atoms with Gasteiger partial charge in [-0.1, -0.05) is 0 Å². The predicted molar refractivity (Wildman–Crippen MR) is 75.1 cm³/mol. The molecular weight excluding hydrogens is 256 g/mol. The minimum atomic E-state index is -0.359. The Hall–Kier alpha value is -2.44. The lowest BCUT2D eigenvalue weighted by Crippen LogP contribution is -2.31. The van der Waals surface area contributed by atoms with Gasteiger partial charge in [0.05, 0.1) is 6.54 Å². The third-order valence-corrected chi connectivity index (χ3v) is 2.87. The van der Waals surface area contributed by atoms with E-state index in [2.05, 4.69) is 20.4 Å². The van der Waals surface area contributed by atoms with Gasteiger partial charge in [0.15, 0.2) is 0 Å². The molecule has 0 bridgehead atoms. The fourth-order valence-corrected chi connectivity index (χ4v) is 1.67. The Morgan fingerprint density at radius 1 is 1.45 bits per heavy atom. The van der Waals surface area contributed by atoms with Gasteiger partial charge in [-0.05, 0) is 19.1 Å². The van der Waals surface area contributed by atoms with Gasteiger partial charge >= 0.3 is 0 Å². The number of hydrogen-bond donors (Lipinski definition) is 1. The highest BCUT2D eigenvalue weighted by Crippen LogP contribution is 2.06. The molecule has 1 atom stereocenters. The van der Waals surface area contributed by atoms with Crippen LogP contribution in [0.4, 0.5) is 5.82 Å². The van der Waals surface area contributed by atoms with E-state index in [1.807, 2.05) is 25.1 Å². The predicted octanol–water partition coefficient (Wildman–Crippen LogP) is 0.616. The Kier molecular flexibility index (Phi) is 4.29. The zero-order chi connectivity index (χ0) is 14.5. The van der Waals surface area contributed by atoms with E-state index < -0.39 is 0 Å². The molecule has 0 saturated heterocycles. The van der Waals surface area contributed by atoms with Gasteiger partial charge in [0, 0.05) is 32.7 Å². The number of nitrogens with zero attached hydrogens (tertiary/aromatic N) is 5. The molecule has 2 heterocycles. The number of hydrogen-bond acceptors (Lipinski definition) is 5. The molecule has 0 radical (unpaired) electrons. The molecule has 1 amide bonds. The number of aromatic nitrogens is 4. The van der Waals surface area contributed by atoms with Gasteiger partial charge in [-0.3, -0.25) is 9.48 Å². The maximum atomic E-state index is 12.0. The first kappa shape index (κ1) is 14.0. The summed E-state index contributed by atoms with van der Waals surface area (Å²) in [4.78, 5) is 22.4. The fourth-order valence-electron chi connectivity index (χ4n) is 1.67. The summed E-state index contributed by atoms with van der Waals surface area (Å²) < 4.78 is 1.60. The molecule has 7 nitrogen and oxygen atoms in total. The third-order valence-electron chi connectivity index (χ3n) is 2.87. The van der Waals surface area contributed by atoms with E-state index in [1.165, 1.54) is 0 Å². The van der Waals surface area contributed by atoms with E-state index in [1.54, 1.807) is 36.3 Å². The van der Waals surface area contributed by atoms with Crippen molar-refractivity contribution in [2.24, 2.45) is 0 Å². The van der Waals surface area contributed by atoms with Gasteiger partial charge < -0.3 is 10.2 Å². The van der Waals surface area contributed by atoms with Crippen LogP contribution in [0.25, 0.3) is 0 Å². The van der Waals surface area contributed by atoms with Crippen molar-refractivity contribution in [3.05, 3.63) is 36.5 Å². The minimum Gasteiger partial charge on any atom is -0.363 e. The van der Waals surface area contributed by atoms with Crippen molar-refractivity contribution < 1.29 is 4.79 Å². The quantitative estimate of drug-likeness (QED) is 0.865. The molecule has 0 spiro atoms. The molecule has 1 N–H and O–H groups in total. The van der Waals surface area contributed by atoms with Gasteiger partial charge in [0.1, 0.15) is 17.7 Å². The second-order valence-electron chi connectivity index (χ2n) is 4.61. The van der Waals surface area contributed by atoms with Crippen LogP contribution in [0, 0.1) is 0 Å². The monoisotopic (exact) mass is 274 g/mol. The van der Waals surface area contributed by atoms with Crippen molar-refractivity contribution in [2.75, 3.05) is 19.0 Å². The van der Waals surface area contributed by atoms with Crippen LogP contribution in [0.3, 0.4) is 0 Å². The van der Waals surface area contributed by atoms with Crippen molar-refractivity contribution in [3.63, 3.8) is 0 Å². The van der Waals surface area contributed by atoms with Crippen molar-refractivity contribution in [1.82, 2.24) is 25.1 Å². The van der Waals surface area contributed by atoms with Crippen molar-refractivity contribution >= 4 is 11.7 Å². The first-order valence-electron chi connectivity index (χ1n) is 6.34. The first-order chi connectivity index (χ1) is 9.58. The molecule has 0 aliphatic rings. The van der Waals surface area contributed by atoms with E-state index in [9.17, 15) is 4.79 Å². The highest BCUT2D eigenvalue weighted by molar-refractivity contribution is 5.79. The number of nitrogens with one attached hydrogen (secondary N) is 1. The minimum absolute atomic E-state index is 0.118. The lowest BCUT2D eigenvalue weighted by Gasteiger charge is -2.14. The molecule has 2 rings (SSSR count). The summed E-state index contributed by atoms with van der Waals surface area (Å²) in [5.74, 6) is 1.27. The highest BCUT2D eigenvalue weighted by Gasteiger charge is 2.14. The second-order valence-corrected chi connectivity index (χ2v) is 4.61. The summed E-state index contributed by atoms with van der Waals surface area (Å²) in [5, 5.41) is 6.86. The maximum absolute atomic E-state index is 12.0. The molecular formula is C13H18N6O. The molecule has 0 aromatic carbocycles. The summed E-state index contributed by atoms with van der Waals surface area (Å²) in [6, 6.07) is 3.24. The van der Waals surface area contributed by atoms with E-state index in [-0.39, 0.29) is 11.9 Å². The number of carbonyl (C=O) groups excluding carboxylic acids is 1. The lowest BCUT2D eigenvalue weighted by atomic mass is 10.3. The summed E-state index contributed by atoms with van der Waals surface area (Å²) in [6.07, 6.45) is 5.08. The molecule has 106 valence electrons. The summed E-state index contributed by atoms with van der Waals surface area (Å²) in [5.41, 5.74) is 0. The number of anilines is 1. The van der Waals surface area contributed by atoms with Gasteiger partial charge in [0.25, 0.3) is 0 Å². The van der Waals surface area contributed by atoms with Crippen LogP contribution >= 0.6 is 0 Å². The second kappa shape index (κ2) is 6.14. The van der Waals surface area contributed by atoms with Gasteiger partial charge in [-0.2, -0.15) is 5.10 Å². The topological polar surface area (TPSA) is 75.9 Å². The Bertz CT molecular complexity index is 566. The van der Waals surface area contributed by atoms with Gasteiger partial charge in [0.2, 0.25) is 5.91 Å². The third kappa shape index (κ3) is 3.31. The van der Waals surface area contributed by atoms with Crippen LogP contribution in [-0.4, -0.2) is 39.8 Å². The molecule has 2 aromatic heterocycles. The van der Waals surface area contributed by atoms with Crippen LogP contribution < -0.4 is 10.2 Å². The largest absolute Gasteiger partial charge is 0.363 e. The standard InChI is InChI=1S/C13H18N6O/c1-10(19-8-4-6-16-19)13(20)15-9-11-14-7-5-12(17-11)18(2)3/h4-8,10H,9H2,1-3H3,(H,15,20). The van der Waals surface area contributed by atoms with Crippen LogP contribution in [0.5, 0.6) is 0 Å². The Morgan fingerprint density at radius 3 is 2.90 bits per heavy atom. The number of rotatable bonds is 5. The average molecular weight is 274 g/mol. The van der Waals surface area contributed by atoms with Crippen LogP contribution in [0.15, 0.2) is 30.7 Å². The Labute approximate surface area is 117 Å². The zero-order valence-electron chi connectivity index (χ0n) is 11.8. The smallest absolute Gasteiger partial charge is 0.244 e.